The summed E-state index contributed by atoms with van der Waals surface area (Å²) in [6, 6.07) is 5.82. The summed E-state index contributed by atoms with van der Waals surface area (Å²) in [5.41, 5.74) is 0. The molecule has 0 bridgehead atoms. The topological polar surface area (TPSA) is 63.7 Å². The van der Waals surface area contributed by atoms with Gasteiger partial charge in [0.2, 0.25) is 5.91 Å². The number of hydrogen-bond acceptors (Lipinski definition) is 4. The number of hydrogen-bond donors (Lipinski definition) is 0. The number of amides is 1. The summed E-state index contributed by atoms with van der Waals surface area (Å²) in [6.45, 7) is 0.395. The molecule has 0 saturated heterocycles. The van der Waals surface area contributed by atoms with Crippen LogP contribution in [0.3, 0.4) is 0 Å². The lowest BCUT2D eigenvalue weighted by molar-refractivity contribution is -0.128. The lowest BCUT2D eigenvalue weighted by Gasteiger charge is -2.10. The van der Waals surface area contributed by atoms with Gasteiger partial charge in [0.25, 0.3) is 9.05 Å². The monoisotopic (exact) mass is 305 g/mol. The molecule has 1 aromatic carbocycles. The second-order valence-electron chi connectivity index (χ2n) is 4.15. The molecule has 0 aliphatic carbocycles. The zero-order valence-corrected chi connectivity index (χ0v) is 12.4. The van der Waals surface area contributed by atoms with E-state index in [0.717, 1.165) is 0 Å². The number of ether oxygens (including phenoxy) is 1. The third kappa shape index (κ3) is 5.48. The minimum absolute atomic E-state index is 0.0318. The maximum Gasteiger partial charge on any atom is 0.261 e. The largest absolute Gasteiger partial charge is 0.494 e. The molecule has 0 unspecified atom stereocenters. The van der Waals surface area contributed by atoms with Crippen LogP contribution in [0.4, 0.5) is 0 Å². The Balaban J connectivity index is 2.41. The van der Waals surface area contributed by atoms with E-state index < -0.39 is 9.05 Å². The van der Waals surface area contributed by atoms with E-state index in [4.69, 9.17) is 15.4 Å². The van der Waals surface area contributed by atoms with Crippen molar-refractivity contribution in [3.05, 3.63) is 24.3 Å². The number of nitrogens with zero attached hydrogens (tertiary/aromatic N) is 1. The van der Waals surface area contributed by atoms with Gasteiger partial charge in [-0.3, -0.25) is 4.79 Å². The molecule has 7 heteroatoms. The summed E-state index contributed by atoms with van der Waals surface area (Å²) < 4.78 is 27.4. The molecule has 0 heterocycles. The van der Waals surface area contributed by atoms with E-state index in [1.807, 2.05) is 0 Å². The first-order valence-electron chi connectivity index (χ1n) is 5.68. The molecule has 0 fully saturated rings. The molecule has 1 aromatic rings. The minimum Gasteiger partial charge on any atom is -0.494 e. The number of rotatable bonds is 6. The van der Waals surface area contributed by atoms with E-state index in [1.165, 1.54) is 29.2 Å². The highest BCUT2D eigenvalue weighted by Gasteiger charge is 2.09. The molecular weight excluding hydrogens is 290 g/mol. The van der Waals surface area contributed by atoms with Crippen LogP contribution in [-0.4, -0.2) is 39.9 Å². The van der Waals surface area contributed by atoms with E-state index in [-0.39, 0.29) is 10.8 Å². The lowest BCUT2D eigenvalue weighted by Crippen LogP contribution is -2.21. The van der Waals surface area contributed by atoms with Crippen LogP contribution in [0, 0.1) is 0 Å². The van der Waals surface area contributed by atoms with Crippen molar-refractivity contribution < 1.29 is 17.9 Å². The predicted octanol–water partition coefficient (Wildman–Crippen LogP) is 1.86. The van der Waals surface area contributed by atoms with Gasteiger partial charge in [0.15, 0.2) is 0 Å². The summed E-state index contributed by atoms with van der Waals surface area (Å²) in [5.74, 6) is 0.591. The van der Waals surface area contributed by atoms with Gasteiger partial charge < -0.3 is 9.64 Å². The van der Waals surface area contributed by atoms with Crippen molar-refractivity contribution in [2.24, 2.45) is 0 Å². The fourth-order valence-corrected chi connectivity index (χ4v) is 2.11. The van der Waals surface area contributed by atoms with E-state index >= 15 is 0 Å². The maximum absolute atomic E-state index is 11.3. The molecule has 0 radical (unpaired) electrons. The Bertz CT molecular complexity index is 525. The Hall–Kier alpha value is -1.27. The van der Waals surface area contributed by atoms with E-state index in [2.05, 4.69) is 0 Å². The highest BCUT2D eigenvalue weighted by molar-refractivity contribution is 8.13. The van der Waals surface area contributed by atoms with Crippen molar-refractivity contribution in [2.75, 3.05) is 20.7 Å². The summed E-state index contributed by atoms with van der Waals surface area (Å²) >= 11 is 0. The van der Waals surface area contributed by atoms with Gasteiger partial charge in [0.1, 0.15) is 5.75 Å². The molecule has 1 amide bonds. The molecule has 0 spiro atoms. The van der Waals surface area contributed by atoms with Gasteiger partial charge in [-0.05, 0) is 30.7 Å². The quantitative estimate of drug-likeness (QED) is 0.594. The van der Waals surface area contributed by atoms with Crippen LogP contribution in [0.2, 0.25) is 0 Å². The van der Waals surface area contributed by atoms with Gasteiger partial charge in [0.05, 0.1) is 11.5 Å². The molecule has 0 aliphatic rings. The Morgan fingerprint density at radius 1 is 1.26 bits per heavy atom. The SMILES string of the molecule is CN(C)C(=O)CCCOc1ccc(S(=O)(=O)Cl)cc1. The van der Waals surface area contributed by atoms with Crippen LogP contribution in [-0.2, 0) is 13.8 Å². The average molecular weight is 306 g/mol. The molecule has 19 heavy (non-hydrogen) atoms. The van der Waals surface area contributed by atoms with Crippen LogP contribution in [0.5, 0.6) is 5.75 Å². The summed E-state index contributed by atoms with van der Waals surface area (Å²) in [5, 5.41) is 0. The van der Waals surface area contributed by atoms with E-state index in [1.54, 1.807) is 14.1 Å². The molecule has 1 rings (SSSR count). The van der Waals surface area contributed by atoms with Gasteiger partial charge in [-0.1, -0.05) is 0 Å². The first kappa shape index (κ1) is 15.8. The summed E-state index contributed by atoms with van der Waals surface area (Å²) in [7, 11) is 4.90. The zero-order valence-electron chi connectivity index (χ0n) is 10.8. The first-order valence-corrected chi connectivity index (χ1v) is 7.99. The van der Waals surface area contributed by atoms with Crippen molar-refractivity contribution in [3.63, 3.8) is 0 Å². The third-order valence-corrected chi connectivity index (χ3v) is 3.78. The molecule has 0 atom stereocenters. The molecule has 0 aromatic heterocycles. The Morgan fingerprint density at radius 2 is 1.84 bits per heavy atom. The number of halogens is 1. The summed E-state index contributed by atoms with van der Waals surface area (Å²) in [4.78, 5) is 12.9. The minimum atomic E-state index is -3.70. The van der Waals surface area contributed by atoms with Gasteiger partial charge in [0, 0.05) is 31.2 Å². The fraction of sp³-hybridized carbons (Fsp3) is 0.417. The first-order chi connectivity index (χ1) is 8.80. The molecular formula is C12H16ClNO4S. The highest BCUT2D eigenvalue weighted by Crippen LogP contribution is 2.19. The average Bonchev–Trinajstić information content (AvgIpc) is 2.33. The number of carbonyl (C=O) groups excluding carboxylic acids is 1. The lowest BCUT2D eigenvalue weighted by atomic mass is 10.3. The van der Waals surface area contributed by atoms with Crippen LogP contribution < -0.4 is 4.74 Å². The van der Waals surface area contributed by atoms with Gasteiger partial charge >= 0.3 is 0 Å². The van der Waals surface area contributed by atoms with Crippen LogP contribution in [0.25, 0.3) is 0 Å². The van der Waals surface area contributed by atoms with Crippen molar-refractivity contribution in [1.29, 1.82) is 0 Å². The van der Waals surface area contributed by atoms with Gasteiger partial charge in [-0.15, -0.1) is 0 Å². The maximum atomic E-state index is 11.3. The van der Waals surface area contributed by atoms with Crippen molar-refractivity contribution in [2.45, 2.75) is 17.7 Å². The van der Waals surface area contributed by atoms with Crippen LogP contribution >= 0.6 is 10.7 Å². The molecule has 5 nitrogen and oxygen atoms in total. The second-order valence-corrected chi connectivity index (χ2v) is 6.72. The number of benzene rings is 1. The van der Waals surface area contributed by atoms with Gasteiger partial charge in [-0.2, -0.15) is 0 Å². The van der Waals surface area contributed by atoms with Crippen LogP contribution in [0.1, 0.15) is 12.8 Å². The number of carbonyl (C=O) groups is 1. The van der Waals surface area contributed by atoms with Crippen LogP contribution in [0.15, 0.2) is 29.2 Å². The molecule has 0 saturated carbocycles. The Kier molecular flexibility index (Phi) is 5.62. The fourth-order valence-electron chi connectivity index (χ4n) is 1.34. The standard InChI is InChI=1S/C12H16ClNO4S/c1-14(2)12(15)4-3-9-18-10-5-7-11(8-6-10)19(13,16)17/h5-8H,3-4,9H2,1-2H3. The van der Waals surface area contributed by atoms with Crippen molar-refractivity contribution in [1.82, 2.24) is 4.90 Å². The molecule has 0 aliphatic heterocycles. The molecule has 106 valence electrons. The van der Waals surface area contributed by atoms with Gasteiger partial charge in [-0.25, -0.2) is 8.42 Å². The zero-order chi connectivity index (χ0) is 14.5. The van der Waals surface area contributed by atoms with E-state index in [9.17, 15) is 13.2 Å². The summed E-state index contributed by atoms with van der Waals surface area (Å²) in [6.07, 6.45) is 1.02. The van der Waals surface area contributed by atoms with Crippen molar-refractivity contribution in [3.8, 4) is 5.75 Å². The smallest absolute Gasteiger partial charge is 0.261 e. The highest BCUT2D eigenvalue weighted by atomic mass is 35.7. The molecule has 0 N–H and O–H groups in total. The Labute approximate surface area is 117 Å². The Morgan fingerprint density at radius 3 is 2.32 bits per heavy atom. The third-order valence-electron chi connectivity index (χ3n) is 2.41. The predicted molar refractivity (Wildman–Crippen MR) is 72.9 cm³/mol. The van der Waals surface area contributed by atoms with E-state index in [0.29, 0.717) is 25.2 Å². The van der Waals surface area contributed by atoms with Crippen molar-refractivity contribution >= 4 is 25.6 Å². The second kappa shape index (κ2) is 6.77. The normalized spacial score (nSPS) is 11.1.